The van der Waals surface area contributed by atoms with Crippen molar-refractivity contribution >= 4 is 16.8 Å². The molecule has 2 N–H and O–H groups in total. The van der Waals surface area contributed by atoms with E-state index in [-0.39, 0.29) is 19.1 Å². The van der Waals surface area contributed by atoms with Crippen molar-refractivity contribution in [1.82, 2.24) is 9.88 Å². The Morgan fingerprint density at radius 1 is 1.24 bits per heavy atom. The summed E-state index contributed by atoms with van der Waals surface area (Å²) in [6.07, 6.45) is 1.22. The number of nitrogens with zero attached hydrogens (tertiary/aromatic N) is 1. The van der Waals surface area contributed by atoms with Crippen LogP contribution in [-0.2, 0) is 11.8 Å². The summed E-state index contributed by atoms with van der Waals surface area (Å²) in [5, 5.41) is 14.1. The molecule has 0 spiro atoms. The number of benzene rings is 2. The summed E-state index contributed by atoms with van der Waals surface area (Å²) in [7, 11) is 1.98. The van der Waals surface area contributed by atoms with Crippen molar-refractivity contribution in [2.45, 2.75) is 13.0 Å². The molecule has 5 heteroatoms. The molecule has 5 nitrogen and oxygen atoms in total. The molecule has 3 rings (SSSR count). The van der Waals surface area contributed by atoms with Crippen LogP contribution in [0.2, 0.25) is 0 Å². The number of hydrogen-bond acceptors (Lipinski definition) is 3. The highest BCUT2D eigenvalue weighted by Crippen LogP contribution is 2.20. The number of carbonyl (C=O) groups excluding carboxylic acids is 1. The van der Waals surface area contributed by atoms with Crippen LogP contribution >= 0.6 is 0 Å². The minimum Gasteiger partial charge on any atom is -0.484 e. The van der Waals surface area contributed by atoms with Crippen molar-refractivity contribution in [3.63, 3.8) is 0 Å². The van der Waals surface area contributed by atoms with Gasteiger partial charge < -0.3 is 19.7 Å². The molecule has 0 saturated heterocycles. The molecule has 1 aromatic heterocycles. The predicted octanol–water partition coefficient (Wildman–Crippen LogP) is 2.72. The topological polar surface area (TPSA) is 63.5 Å². The molecule has 0 aliphatic heterocycles. The minimum absolute atomic E-state index is 0.0755. The number of rotatable bonds is 6. The summed E-state index contributed by atoms with van der Waals surface area (Å²) in [6, 6.07) is 15.3. The van der Waals surface area contributed by atoms with Gasteiger partial charge in [-0.15, -0.1) is 0 Å². The number of aliphatic hydroxyl groups is 1. The second kappa shape index (κ2) is 7.40. The van der Waals surface area contributed by atoms with Gasteiger partial charge in [-0.3, -0.25) is 4.79 Å². The lowest BCUT2D eigenvalue weighted by Crippen LogP contribution is -2.32. The molecular weight excluding hydrogens is 316 g/mol. The van der Waals surface area contributed by atoms with E-state index in [1.807, 2.05) is 73.3 Å². The third-order valence-corrected chi connectivity index (χ3v) is 4.15. The maximum absolute atomic E-state index is 11.9. The Balaban J connectivity index is 1.52. The van der Waals surface area contributed by atoms with Gasteiger partial charge in [-0.1, -0.05) is 18.2 Å². The van der Waals surface area contributed by atoms with Crippen molar-refractivity contribution in [3.8, 4) is 5.75 Å². The predicted molar refractivity (Wildman–Crippen MR) is 97.6 cm³/mol. The van der Waals surface area contributed by atoms with E-state index in [2.05, 4.69) is 5.32 Å². The molecule has 130 valence electrons. The van der Waals surface area contributed by atoms with E-state index in [1.54, 1.807) is 0 Å². The fourth-order valence-corrected chi connectivity index (χ4v) is 2.74. The standard InChI is InChI=1S/C20H22N2O3/c1-14-4-3-5-17(10-14)25-13-20(24)21-12-19(23)16-6-7-18-15(11-16)8-9-22(18)2/h3-11,19,23H,12-13H2,1-2H3,(H,21,24). The minimum atomic E-state index is -0.757. The van der Waals surface area contributed by atoms with Gasteiger partial charge in [0.1, 0.15) is 5.75 Å². The maximum Gasteiger partial charge on any atom is 0.258 e. The number of nitrogens with one attached hydrogen (secondary N) is 1. The molecule has 1 atom stereocenters. The van der Waals surface area contributed by atoms with Crippen molar-refractivity contribution in [3.05, 3.63) is 65.9 Å². The van der Waals surface area contributed by atoms with Gasteiger partial charge >= 0.3 is 0 Å². The molecule has 0 bridgehead atoms. The highest BCUT2D eigenvalue weighted by Gasteiger charge is 2.11. The Morgan fingerprint density at radius 2 is 2.08 bits per heavy atom. The van der Waals surface area contributed by atoms with E-state index in [1.165, 1.54) is 0 Å². The van der Waals surface area contributed by atoms with Crippen LogP contribution in [0.4, 0.5) is 0 Å². The van der Waals surface area contributed by atoms with Crippen LogP contribution in [0.3, 0.4) is 0 Å². The van der Waals surface area contributed by atoms with Crippen molar-refractivity contribution in [2.75, 3.05) is 13.2 Å². The fraction of sp³-hybridized carbons (Fsp3) is 0.250. The summed E-state index contributed by atoms with van der Waals surface area (Å²) in [6.45, 7) is 2.04. The lowest BCUT2D eigenvalue weighted by atomic mass is 10.1. The molecule has 0 aliphatic carbocycles. The van der Waals surface area contributed by atoms with Gasteiger partial charge in [0.2, 0.25) is 0 Å². The van der Waals surface area contributed by atoms with E-state index in [0.717, 1.165) is 22.0 Å². The second-order valence-electron chi connectivity index (χ2n) is 6.17. The molecule has 0 saturated carbocycles. The highest BCUT2D eigenvalue weighted by molar-refractivity contribution is 5.81. The second-order valence-corrected chi connectivity index (χ2v) is 6.17. The zero-order valence-corrected chi connectivity index (χ0v) is 14.4. The van der Waals surface area contributed by atoms with Crippen molar-refractivity contribution < 1.29 is 14.6 Å². The van der Waals surface area contributed by atoms with E-state index < -0.39 is 6.10 Å². The first kappa shape index (κ1) is 17.0. The quantitative estimate of drug-likeness (QED) is 0.726. The fourth-order valence-electron chi connectivity index (χ4n) is 2.74. The summed E-state index contributed by atoms with van der Waals surface area (Å²) in [5.74, 6) is 0.395. The molecule has 0 aliphatic rings. The Labute approximate surface area is 146 Å². The summed E-state index contributed by atoms with van der Waals surface area (Å²) >= 11 is 0. The first-order valence-electron chi connectivity index (χ1n) is 8.22. The van der Waals surface area contributed by atoms with Crippen LogP contribution < -0.4 is 10.1 Å². The van der Waals surface area contributed by atoms with Crippen LogP contribution in [0.25, 0.3) is 10.9 Å². The van der Waals surface area contributed by atoms with Gasteiger partial charge in [-0.2, -0.15) is 0 Å². The van der Waals surface area contributed by atoms with Crippen LogP contribution in [0.1, 0.15) is 17.2 Å². The lowest BCUT2D eigenvalue weighted by molar-refractivity contribution is -0.123. The third kappa shape index (κ3) is 4.19. The Hall–Kier alpha value is -2.79. The smallest absolute Gasteiger partial charge is 0.258 e. The summed E-state index contributed by atoms with van der Waals surface area (Å²) in [5.41, 5.74) is 2.95. The molecule has 1 amide bonds. The monoisotopic (exact) mass is 338 g/mol. The molecule has 3 aromatic rings. The summed E-state index contributed by atoms with van der Waals surface area (Å²) < 4.78 is 7.47. The first-order valence-corrected chi connectivity index (χ1v) is 8.22. The van der Waals surface area contributed by atoms with Gasteiger partial charge in [-0.25, -0.2) is 0 Å². The molecule has 1 unspecified atom stereocenters. The number of carbonyl (C=O) groups is 1. The molecular formula is C20H22N2O3. The number of amides is 1. The van der Waals surface area contributed by atoms with Crippen LogP contribution in [0.15, 0.2) is 54.7 Å². The number of aliphatic hydroxyl groups excluding tert-OH is 1. The van der Waals surface area contributed by atoms with Gasteiger partial charge in [0.15, 0.2) is 6.61 Å². The average Bonchev–Trinajstić information content (AvgIpc) is 2.98. The maximum atomic E-state index is 11.9. The normalized spacial score (nSPS) is 12.1. The molecule has 0 radical (unpaired) electrons. The Kier molecular flexibility index (Phi) is 5.05. The largest absolute Gasteiger partial charge is 0.484 e. The van der Waals surface area contributed by atoms with Crippen LogP contribution in [-0.4, -0.2) is 28.7 Å². The van der Waals surface area contributed by atoms with E-state index >= 15 is 0 Å². The zero-order valence-electron chi connectivity index (χ0n) is 14.4. The third-order valence-electron chi connectivity index (χ3n) is 4.15. The summed E-state index contributed by atoms with van der Waals surface area (Å²) in [4.78, 5) is 11.9. The first-order chi connectivity index (χ1) is 12.0. The highest BCUT2D eigenvalue weighted by atomic mass is 16.5. The number of fused-ring (bicyclic) bond motifs is 1. The molecule has 25 heavy (non-hydrogen) atoms. The molecule has 2 aromatic carbocycles. The average molecular weight is 338 g/mol. The van der Waals surface area contributed by atoms with Crippen LogP contribution in [0, 0.1) is 6.92 Å². The number of hydrogen-bond donors (Lipinski definition) is 2. The van der Waals surface area contributed by atoms with Gasteiger partial charge in [-0.05, 0) is 53.8 Å². The zero-order chi connectivity index (χ0) is 17.8. The van der Waals surface area contributed by atoms with Gasteiger partial charge in [0, 0.05) is 25.3 Å². The Bertz CT molecular complexity index is 886. The number of aromatic nitrogens is 1. The van der Waals surface area contributed by atoms with E-state index in [9.17, 15) is 9.90 Å². The SMILES string of the molecule is Cc1cccc(OCC(=O)NCC(O)c2ccc3c(ccn3C)c2)c1. The van der Waals surface area contributed by atoms with E-state index in [4.69, 9.17) is 4.74 Å². The number of ether oxygens (including phenoxy) is 1. The molecule has 0 fully saturated rings. The lowest BCUT2D eigenvalue weighted by Gasteiger charge is -2.13. The number of aryl methyl sites for hydroxylation is 2. The molecule has 1 heterocycles. The van der Waals surface area contributed by atoms with E-state index in [0.29, 0.717) is 5.75 Å². The van der Waals surface area contributed by atoms with Gasteiger partial charge in [0.05, 0.1) is 6.10 Å². The van der Waals surface area contributed by atoms with Crippen LogP contribution in [0.5, 0.6) is 5.75 Å². The Morgan fingerprint density at radius 3 is 2.88 bits per heavy atom. The van der Waals surface area contributed by atoms with Gasteiger partial charge in [0.25, 0.3) is 5.91 Å². The van der Waals surface area contributed by atoms with Crippen molar-refractivity contribution in [1.29, 1.82) is 0 Å². The van der Waals surface area contributed by atoms with Crippen molar-refractivity contribution in [2.24, 2.45) is 7.05 Å².